The molecule has 1 unspecified atom stereocenters. The molecule has 3 heterocycles. The number of likely N-dealkylation sites (tertiary alicyclic amines) is 1. The SMILES string of the molecule is COc1ccc([C@@H]2CN(C(=O)C(O)CO)C[C@@]2(C)[C@@H](C)O)cc1OC1CN(c2ccc(OC3CCC3)cn2)C1. The van der Waals surface area contributed by atoms with Crippen molar-refractivity contribution in [1.82, 2.24) is 9.88 Å². The minimum Gasteiger partial charge on any atom is -0.493 e. The summed E-state index contributed by atoms with van der Waals surface area (Å²) in [6.45, 7) is 4.95. The fourth-order valence-electron chi connectivity index (χ4n) is 5.57. The maximum absolute atomic E-state index is 12.6. The summed E-state index contributed by atoms with van der Waals surface area (Å²) in [7, 11) is 1.60. The van der Waals surface area contributed by atoms with E-state index in [1.54, 1.807) is 20.2 Å². The number of benzene rings is 1. The quantitative estimate of drug-likeness (QED) is 0.414. The number of aromatic nitrogens is 1. The zero-order valence-electron chi connectivity index (χ0n) is 22.8. The van der Waals surface area contributed by atoms with Gasteiger partial charge < -0.3 is 39.3 Å². The molecule has 0 bridgehead atoms. The Morgan fingerprint density at radius 3 is 2.46 bits per heavy atom. The Labute approximate surface area is 229 Å². The van der Waals surface area contributed by atoms with Gasteiger partial charge in [0, 0.05) is 24.4 Å². The van der Waals surface area contributed by atoms with Crippen molar-refractivity contribution in [1.29, 1.82) is 0 Å². The van der Waals surface area contributed by atoms with Crippen LogP contribution in [0, 0.1) is 5.41 Å². The number of anilines is 1. The van der Waals surface area contributed by atoms with Crippen molar-refractivity contribution in [2.45, 2.75) is 63.4 Å². The van der Waals surface area contributed by atoms with Crippen molar-refractivity contribution in [3.8, 4) is 17.2 Å². The van der Waals surface area contributed by atoms with Gasteiger partial charge in [0.05, 0.1) is 45.2 Å². The predicted molar refractivity (Wildman–Crippen MR) is 144 cm³/mol. The van der Waals surface area contributed by atoms with Gasteiger partial charge in [0.2, 0.25) is 0 Å². The molecule has 1 aliphatic carbocycles. The summed E-state index contributed by atoms with van der Waals surface area (Å²) in [6.07, 6.45) is 3.32. The molecule has 0 spiro atoms. The summed E-state index contributed by atoms with van der Waals surface area (Å²) in [5, 5.41) is 29.8. The number of amides is 1. The first-order valence-electron chi connectivity index (χ1n) is 13.7. The monoisotopic (exact) mass is 541 g/mol. The van der Waals surface area contributed by atoms with E-state index < -0.39 is 30.1 Å². The fourth-order valence-corrected chi connectivity index (χ4v) is 5.57. The molecule has 1 aromatic carbocycles. The number of carbonyl (C=O) groups excluding carboxylic acids is 1. The third-order valence-corrected chi connectivity index (χ3v) is 8.59. The maximum atomic E-state index is 12.6. The lowest BCUT2D eigenvalue weighted by molar-refractivity contribution is -0.141. The van der Waals surface area contributed by atoms with E-state index in [0.29, 0.717) is 37.2 Å². The molecule has 212 valence electrons. The van der Waals surface area contributed by atoms with Crippen molar-refractivity contribution in [3.63, 3.8) is 0 Å². The molecular weight excluding hydrogens is 502 g/mol. The van der Waals surface area contributed by atoms with Crippen LogP contribution in [0.1, 0.15) is 44.6 Å². The van der Waals surface area contributed by atoms with E-state index >= 15 is 0 Å². The van der Waals surface area contributed by atoms with Crippen molar-refractivity contribution in [2.24, 2.45) is 5.41 Å². The summed E-state index contributed by atoms with van der Waals surface area (Å²) in [5.41, 5.74) is 0.257. The standard InChI is InChI=1S/C29H39N3O7/c1-18(34)29(2)17-32(28(36)24(35)16-33)15-23(29)19-7-9-25(37-3)26(11-19)39-22-13-31(14-22)27-10-8-21(12-30-27)38-20-5-4-6-20/h7-12,18,20,22-24,33-35H,4-6,13-17H2,1-3H3/t18-,23+,24?,29+/m1/s1. The average molecular weight is 542 g/mol. The van der Waals surface area contributed by atoms with Crippen LogP contribution in [-0.4, -0.2) is 95.4 Å². The van der Waals surface area contributed by atoms with Crippen LogP contribution < -0.4 is 19.1 Å². The first kappa shape index (κ1) is 27.5. The highest BCUT2D eigenvalue weighted by Gasteiger charge is 2.49. The maximum Gasteiger partial charge on any atom is 0.253 e. The second-order valence-corrected chi connectivity index (χ2v) is 11.2. The Bertz CT molecular complexity index is 1150. The molecule has 1 aromatic heterocycles. The van der Waals surface area contributed by atoms with Crippen LogP contribution in [0.15, 0.2) is 36.5 Å². The van der Waals surface area contributed by atoms with Crippen LogP contribution in [0.5, 0.6) is 17.2 Å². The Morgan fingerprint density at radius 2 is 1.87 bits per heavy atom. The predicted octanol–water partition coefficient (Wildman–Crippen LogP) is 1.96. The van der Waals surface area contributed by atoms with E-state index in [1.807, 2.05) is 37.3 Å². The second kappa shape index (κ2) is 11.2. The van der Waals surface area contributed by atoms with E-state index in [-0.39, 0.29) is 18.6 Å². The molecule has 4 atom stereocenters. The van der Waals surface area contributed by atoms with Crippen LogP contribution >= 0.6 is 0 Å². The number of hydrogen-bond acceptors (Lipinski definition) is 9. The van der Waals surface area contributed by atoms with Gasteiger partial charge in [-0.3, -0.25) is 4.79 Å². The van der Waals surface area contributed by atoms with Gasteiger partial charge in [0.15, 0.2) is 17.6 Å². The molecule has 5 rings (SSSR count). The number of pyridine rings is 1. The topological polar surface area (TPSA) is 125 Å². The molecular formula is C29H39N3O7. The average Bonchev–Trinajstić information content (AvgIpc) is 3.26. The highest BCUT2D eigenvalue weighted by Crippen LogP contribution is 2.47. The highest BCUT2D eigenvalue weighted by atomic mass is 16.5. The Morgan fingerprint density at radius 1 is 1.10 bits per heavy atom. The zero-order chi connectivity index (χ0) is 27.7. The van der Waals surface area contributed by atoms with Gasteiger partial charge in [0.25, 0.3) is 5.91 Å². The van der Waals surface area contributed by atoms with E-state index in [1.165, 1.54) is 11.3 Å². The van der Waals surface area contributed by atoms with Crippen LogP contribution in [0.4, 0.5) is 5.82 Å². The molecule has 1 saturated carbocycles. The van der Waals surface area contributed by atoms with Gasteiger partial charge in [-0.1, -0.05) is 13.0 Å². The van der Waals surface area contributed by atoms with E-state index in [0.717, 1.165) is 30.0 Å². The second-order valence-electron chi connectivity index (χ2n) is 11.2. The van der Waals surface area contributed by atoms with Crippen molar-refractivity contribution in [2.75, 3.05) is 44.8 Å². The largest absolute Gasteiger partial charge is 0.493 e. The first-order valence-corrected chi connectivity index (χ1v) is 13.7. The summed E-state index contributed by atoms with van der Waals surface area (Å²) >= 11 is 0. The molecule has 3 fully saturated rings. The number of nitrogens with zero attached hydrogens (tertiary/aromatic N) is 3. The molecule has 0 radical (unpaired) electrons. The van der Waals surface area contributed by atoms with Gasteiger partial charge >= 0.3 is 0 Å². The molecule has 2 aliphatic heterocycles. The minimum absolute atomic E-state index is 0.0497. The number of aliphatic hydroxyl groups is 3. The summed E-state index contributed by atoms with van der Waals surface area (Å²) in [5.74, 6) is 2.15. The number of rotatable bonds is 10. The van der Waals surface area contributed by atoms with Gasteiger partial charge in [0.1, 0.15) is 17.7 Å². The molecule has 39 heavy (non-hydrogen) atoms. The lowest BCUT2D eigenvalue weighted by Crippen LogP contribution is -2.54. The van der Waals surface area contributed by atoms with Gasteiger partial charge in [-0.2, -0.15) is 0 Å². The summed E-state index contributed by atoms with van der Waals surface area (Å²) in [4.78, 5) is 20.8. The Balaban J connectivity index is 1.26. The first-order chi connectivity index (χ1) is 18.7. The highest BCUT2D eigenvalue weighted by molar-refractivity contribution is 5.81. The van der Waals surface area contributed by atoms with Crippen LogP contribution in [0.2, 0.25) is 0 Å². The van der Waals surface area contributed by atoms with Crippen LogP contribution in [0.3, 0.4) is 0 Å². The number of methoxy groups -OCH3 is 1. The number of carbonyl (C=O) groups is 1. The van der Waals surface area contributed by atoms with Crippen LogP contribution in [0.25, 0.3) is 0 Å². The van der Waals surface area contributed by atoms with Crippen molar-refractivity contribution < 1.29 is 34.3 Å². The molecule has 10 nitrogen and oxygen atoms in total. The minimum atomic E-state index is -1.47. The molecule has 10 heteroatoms. The van der Waals surface area contributed by atoms with E-state index in [2.05, 4.69) is 9.88 Å². The Hall–Kier alpha value is -3.08. The van der Waals surface area contributed by atoms with Crippen molar-refractivity contribution >= 4 is 11.7 Å². The number of hydrogen-bond donors (Lipinski definition) is 3. The smallest absolute Gasteiger partial charge is 0.253 e. The third-order valence-electron chi connectivity index (χ3n) is 8.59. The Kier molecular flexibility index (Phi) is 7.89. The molecule has 2 saturated heterocycles. The molecule has 3 aliphatic rings. The third kappa shape index (κ3) is 5.50. The fraction of sp³-hybridized carbons (Fsp3) is 0.586. The van der Waals surface area contributed by atoms with Gasteiger partial charge in [-0.15, -0.1) is 0 Å². The molecule has 1 amide bonds. The normalized spacial score (nSPS) is 25.0. The van der Waals surface area contributed by atoms with Crippen molar-refractivity contribution in [3.05, 3.63) is 42.1 Å². The van der Waals surface area contributed by atoms with E-state index in [9.17, 15) is 20.1 Å². The lowest BCUT2D eigenvalue weighted by Gasteiger charge is -2.40. The lowest BCUT2D eigenvalue weighted by atomic mass is 9.72. The summed E-state index contributed by atoms with van der Waals surface area (Å²) < 4.78 is 17.8. The number of aliphatic hydroxyl groups excluding tert-OH is 3. The molecule has 2 aromatic rings. The zero-order valence-corrected chi connectivity index (χ0v) is 22.8. The number of ether oxygens (including phenoxy) is 3. The van der Waals surface area contributed by atoms with Gasteiger partial charge in [-0.25, -0.2) is 4.98 Å². The summed E-state index contributed by atoms with van der Waals surface area (Å²) in [6, 6.07) is 9.64. The van der Waals surface area contributed by atoms with Crippen LogP contribution in [-0.2, 0) is 4.79 Å². The molecule has 3 N–H and O–H groups in total. The van der Waals surface area contributed by atoms with E-state index in [4.69, 9.17) is 14.2 Å². The van der Waals surface area contributed by atoms with Gasteiger partial charge in [-0.05, 0) is 56.0 Å².